The van der Waals surface area contributed by atoms with Crippen molar-refractivity contribution in [2.24, 2.45) is 0 Å². The lowest BCUT2D eigenvalue weighted by atomic mass is 10.2. The van der Waals surface area contributed by atoms with E-state index in [1.807, 2.05) is 11.8 Å². The van der Waals surface area contributed by atoms with Crippen LogP contribution in [0.25, 0.3) is 0 Å². The molecule has 0 atom stereocenters. The van der Waals surface area contributed by atoms with Crippen LogP contribution >= 0.6 is 11.8 Å². The molecular formula is C15H21N3O2S. The molecule has 1 saturated heterocycles. The zero-order chi connectivity index (χ0) is 15.1. The first kappa shape index (κ1) is 15.8. The standard InChI is InChI=1S/C15H21N3O2S/c1-2-7-16-13(19)11-21-14-6-5-12(10-17-14)15(20)18-8-3-4-9-18/h5-6,10H,2-4,7-9,11H2,1H3,(H,16,19). The molecule has 114 valence electrons. The second kappa shape index (κ2) is 8.02. The Morgan fingerprint density at radius 3 is 2.71 bits per heavy atom. The fourth-order valence-electron chi connectivity index (χ4n) is 2.15. The lowest BCUT2D eigenvalue weighted by molar-refractivity contribution is -0.118. The minimum absolute atomic E-state index is 0.0147. The Bertz CT molecular complexity index is 484. The predicted molar refractivity (Wildman–Crippen MR) is 83.4 cm³/mol. The van der Waals surface area contributed by atoms with E-state index in [2.05, 4.69) is 10.3 Å². The molecule has 1 fully saturated rings. The van der Waals surface area contributed by atoms with Crippen molar-refractivity contribution in [2.75, 3.05) is 25.4 Å². The summed E-state index contributed by atoms with van der Waals surface area (Å²) in [6.45, 7) is 4.40. The third-order valence-corrected chi connectivity index (χ3v) is 4.24. The van der Waals surface area contributed by atoms with Gasteiger partial charge in [0.25, 0.3) is 5.91 Å². The van der Waals surface area contributed by atoms with Gasteiger partial charge in [0.15, 0.2) is 0 Å². The fraction of sp³-hybridized carbons (Fsp3) is 0.533. The van der Waals surface area contributed by atoms with Crippen molar-refractivity contribution >= 4 is 23.6 Å². The van der Waals surface area contributed by atoms with Gasteiger partial charge in [-0.15, -0.1) is 0 Å². The van der Waals surface area contributed by atoms with Gasteiger partial charge >= 0.3 is 0 Å². The summed E-state index contributed by atoms with van der Waals surface area (Å²) in [6.07, 6.45) is 4.70. The van der Waals surface area contributed by atoms with Gasteiger partial charge in [0, 0.05) is 25.8 Å². The second-order valence-electron chi connectivity index (χ2n) is 5.02. The van der Waals surface area contributed by atoms with Crippen LogP contribution in [0.3, 0.4) is 0 Å². The molecule has 1 aliphatic heterocycles. The normalized spacial score (nSPS) is 14.2. The van der Waals surface area contributed by atoms with Gasteiger partial charge in [0.05, 0.1) is 16.3 Å². The Morgan fingerprint density at radius 2 is 2.10 bits per heavy atom. The number of thioether (sulfide) groups is 1. The third-order valence-electron chi connectivity index (χ3n) is 3.30. The van der Waals surface area contributed by atoms with E-state index in [1.165, 1.54) is 11.8 Å². The van der Waals surface area contributed by atoms with Crippen LogP contribution in [0, 0.1) is 0 Å². The zero-order valence-corrected chi connectivity index (χ0v) is 13.1. The Balaban J connectivity index is 1.84. The number of pyridine rings is 1. The van der Waals surface area contributed by atoms with E-state index in [0.717, 1.165) is 37.4 Å². The van der Waals surface area contributed by atoms with Gasteiger partial charge in [0.1, 0.15) is 0 Å². The van der Waals surface area contributed by atoms with E-state index in [-0.39, 0.29) is 11.8 Å². The molecule has 0 spiro atoms. The van der Waals surface area contributed by atoms with Crippen molar-refractivity contribution in [3.63, 3.8) is 0 Å². The largest absolute Gasteiger partial charge is 0.355 e. The second-order valence-corrected chi connectivity index (χ2v) is 6.02. The van der Waals surface area contributed by atoms with Gasteiger partial charge in [-0.2, -0.15) is 0 Å². The summed E-state index contributed by atoms with van der Waals surface area (Å²) in [4.78, 5) is 29.8. The maximum absolute atomic E-state index is 12.2. The number of likely N-dealkylation sites (tertiary alicyclic amines) is 1. The highest BCUT2D eigenvalue weighted by Crippen LogP contribution is 2.17. The topological polar surface area (TPSA) is 62.3 Å². The Hall–Kier alpha value is -1.56. The molecule has 2 rings (SSSR count). The van der Waals surface area contributed by atoms with E-state index in [1.54, 1.807) is 18.3 Å². The molecule has 0 aromatic carbocycles. The number of carbonyl (C=O) groups excluding carboxylic acids is 2. The average molecular weight is 307 g/mol. The molecule has 1 aromatic rings. The van der Waals surface area contributed by atoms with Gasteiger partial charge in [-0.25, -0.2) is 4.98 Å². The van der Waals surface area contributed by atoms with Crippen LogP contribution in [0.2, 0.25) is 0 Å². The van der Waals surface area contributed by atoms with Crippen LogP contribution in [0.15, 0.2) is 23.4 Å². The molecule has 0 bridgehead atoms. The molecule has 1 aliphatic rings. The molecule has 0 unspecified atom stereocenters. The van der Waals surface area contributed by atoms with Crippen molar-refractivity contribution < 1.29 is 9.59 Å². The highest BCUT2D eigenvalue weighted by molar-refractivity contribution is 7.99. The van der Waals surface area contributed by atoms with E-state index in [4.69, 9.17) is 0 Å². The lowest BCUT2D eigenvalue weighted by Crippen LogP contribution is -2.27. The Kier molecular flexibility index (Phi) is 6.04. The summed E-state index contributed by atoms with van der Waals surface area (Å²) in [6, 6.07) is 3.60. The maximum atomic E-state index is 12.2. The smallest absolute Gasteiger partial charge is 0.255 e. The maximum Gasteiger partial charge on any atom is 0.255 e. The molecular weight excluding hydrogens is 286 g/mol. The van der Waals surface area contributed by atoms with Crippen molar-refractivity contribution in [1.82, 2.24) is 15.2 Å². The number of hydrogen-bond donors (Lipinski definition) is 1. The SMILES string of the molecule is CCCNC(=O)CSc1ccc(C(=O)N2CCCC2)cn1. The van der Waals surface area contributed by atoms with Crippen LogP contribution in [0.1, 0.15) is 36.5 Å². The average Bonchev–Trinajstić information content (AvgIpc) is 3.05. The third kappa shape index (κ3) is 4.74. The van der Waals surface area contributed by atoms with Crippen molar-refractivity contribution in [3.8, 4) is 0 Å². The van der Waals surface area contributed by atoms with Crippen molar-refractivity contribution in [2.45, 2.75) is 31.2 Å². The number of carbonyl (C=O) groups is 2. The van der Waals surface area contributed by atoms with E-state index in [0.29, 0.717) is 17.9 Å². The van der Waals surface area contributed by atoms with Crippen LogP contribution in [-0.4, -0.2) is 47.1 Å². The molecule has 6 heteroatoms. The van der Waals surface area contributed by atoms with Gasteiger partial charge < -0.3 is 10.2 Å². The Morgan fingerprint density at radius 1 is 1.33 bits per heavy atom. The number of nitrogens with zero attached hydrogens (tertiary/aromatic N) is 2. The number of nitrogens with one attached hydrogen (secondary N) is 1. The lowest BCUT2D eigenvalue weighted by Gasteiger charge is -2.14. The zero-order valence-electron chi connectivity index (χ0n) is 12.3. The number of hydrogen-bond acceptors (Lipinski definition) is 4. The molecule has 2 heterocycles. The first-order valence-electron chi connectivity index (χ1n) is 7.35. The molecule has 21 heavy (non-hydrogen) atoms. The highest BCUT2D eigenvalue weighted by Gasteiger charge is 2.19. The van der Waals surface area contributed by atoms with Crippen molar-refractivity contribution in [3.05, 3.63) is 23.9 Å². The van der Waals surface area contributed by atoms with Crippen LogP contribution < -0.4 is 5.32 Å². The van der Waals surface area contributed by atoms with Crippen molar-refractivity contribution in [1.29, 1.82) is 0 Å². The molecule has 0 saturated carbocycles. The summed E-state index contributed by atoms with van der Waals surface area (Å²) < 4.78 is 0. The highest BCUT2D eigenvalue weighted by atomic mass is 32.2. The summed E-state index contributed by atoms with van der Waals surface area (Å²) in [7, 11) is 0. The van der Waals surface area contributed by atoms with Crippen LogP contribution in [0.5, 0.6) is 0 Å². The molecule has 1 aromatic heterocycles. The van der Waals surface area contributed by atoms with Crippen LogP contribution in [0.4, 0.5) is 0 Å². The first-order valence-corrected chi connectivity index (χ1v) is 8.34. The van der Waals surface area contributed by atoms with Gasteiger partial charge in [-0.1, -0.05) is 18.7 Å². The van der Waals surface area contributed by atoms with Crippen LogP contribution in [-0.2, 0) is 4.79 Å². The monoisotopic (exact) mass is 307 g/mol. The predicted octanol–water partition coefficient (Wildman–Crippen LogP) is 1.94. The summed E-state index contributed by atoms with van der Waals surface area (Å²) >= 11 is 1.38. The minimum Gasteiger partial charge on any atom is -0.355 e. The van der Waals surface area contributed by atoms with E-state index < -0.39 is 0 Å². The quantitative estimate of drug-likeness (QED) is 0.816. The summed E-state index contributed by atoms with van der Waals surface area (Å²) in [5.74, 6) is 0.421. The van der Waals surface area contributed by atoms with E-state index >= 15 is 0 Å². The van der Waals surface area contributed by atoms with Gasteiger partial charge in [0.2, 0.25) is 5.91 Å². The number of rotatable bonds is 6. The Labute approximate surface area is 129 Å². The summed E-state index contributed by atoms with van der Waals surface area (Å²) in [5.41, 5.74) is 0.622. The minimum atomic E-state index is 0.0147. The van der Waals surface area contributed by atoms with E-state index in [9.17, 15) is 9.59 Å². The number of aromatic nitrogens is 1. The molecule has 1 N–H and O–H groups in total. The number of amides is 2. The first-order chi connectivity index (χ1) is 10.2. The molecule has 2 amide bonds. The molecule has 5 nitrogen and oxygen atoms in total. The fourth-order valence-corrected chi connectivity index (χ4v) is 2.82. The molecule has 0 aliphatic carbocycles. The summed E-state index contributed by atoms with van der Waals surface area (Å²) in [5, 5.41) is 3.58. The molecule has 0 radical (unpaired) electrons. The van der Waals surface area contributed by atoms with Gasteiger partial charge in [-0.05, 0) is 31.4 Å². The van der Waals surface area contributed by atoms with Gasteiger partial charge in [-0.3, -0.25) is 9.59 Å².